The van der Waals surface area contributed by atoms with Gasteiger partial charge in [0, 0.05) is 31.8 Å². The third-order valence-corrected chi connectivity index (χ3v) is 5.26. The fourth-order valence-corrected chi connectivity index (χ4v) is 3.57. The fraction of sp³-hybridized carbons (Fsp3) is 0.524. The standard InChI is InChI=1S/C21H26N2O5/c1-3-5-15(25)8-9-17(13(2)24)23-20(26)16-6-4-7-18(19(16)21(23)27)28-12-14-10-22-11-14/h4,6-7,14,17,22H,3,5,8-12H2,1-2H3. The van der Waals surface area contributed by atoms with Crippen molar-refractivity contribution in [1.29, 1.82) is 0 Å². The summed E-state index contributed by atoms with van der Waals surface area (Å²) in [6.07, 6.45) is 1.49. The number of nitrogens with zero attached hydrogens (tertiary/aromatic N) is 1. The highest BCUT2D eigenvalue weighted by molar-refractivity contribution is 6.24. The first-order chi connectivity index (χ1) is 13.4. The van der Waals surface area contributed by atoms with E-state index in [1.165, 1.54) is 6.92 Å². The van der Waals surface area contributed by atoms with E-state index in [9.17, 15) is 19.2 Å². The molecule has 3 rings (SSSR count). The van der Waals surface area contributed by atoms with Crippen molar-refractivity contribution in [2.45, 2.75) is 45.6 Å². The molecule has 1 fully saturated rings. The van der Waals surface area contributed by atoms with Gasteiger partial charge in [-0.05, 0) is 31.9 Å². The lowest BCUT2D eigenvalue weighted by molar-refractivity contribution is -0.122. The maximum atomic E-state index is 13.0. The van der Waals surface area contributed by atoms with Crippen LogP contribution in [0, 0.1) is 5.92 Å². The number of ether oxygens (including phenoxy) is 1. The van der Waals surface area contributed by atoms with Crippen LogP contribution in [0.3, 0.4) is 0 Å². The zero-order chi connectivity index (χ0) is 20.3. The summed E-state index contributed by atoms with van der Waals surface area (Å²) < 4.78 is 5.81. The molecule has 28 heavy (non-hydrogen) atoms. The Morgan fingerprint density at radius 3 is 2.57 bits per heavy atom. The van der Waals surface area contributed by atoms with Gasteiger partial charge in [-0.15, -0.1) is 0 Å². The second-order valence-corrected chi connectivity index (χ2v) is 7.45. The Morgan fingerprint density at radius 1 is 1.21 bits per heavy atom. The fourth-order valence-electron chi connectivity index (χ4n) is 3.57. The van der Waals surface area contributed by atoms with E-state index in [0.717, 1.165) is 24.4 Å². The number of fused-ring (bicyclic) bond motifs is 1. The minimum absolute atomic E-state index is 0.0310. The number of imide groups is 1. The number of Topliss-reactive ketones (excluding diaryl/α,β-unsaturated/α-hetero) is 2. The van der Waals surface area contributed by atoms with E-state index >= 15 is 0 Å². The van der Waals surface area contributed by atoms with Gasteiger partial charge >= 0.3 is 0 Å². The van der Waals surface area contributed by atoms with E-state index in [1.807, 2.05) is 6.92 Å². The Bertz CT molecular complexity index is 800. The summed E-state index contributed by atoms with van der Waals surface area (Å²) in [5.41, 5.74) is 0.464. The summed E-state index contributed by atoms with van der Waals surface area (Å²) in [6, 6.07) is 3.99. The SMILES string of the molecule is CCCC(=O)CCC(C(C)=O)N1C(=O)c2cccc(OCC3CNC3)c2C1=O. The van der Waals surface area contributed by atoms with Crippen molar-refractivity contribution >= 4 is 23.4 Å². The molecule has 0 radical (unpaired) electrons. The summed E-state index contributed by atoms with van der Waals surface area (Å²) in [5, 5.41) is 3.16. The molecular formula is C21H26N2O5. The van der Waals surface area contributed by atoms with Gasteiger partial charge in [0.1, 0.15) is 11.5 Å². The molecule has 2 aliphatic heterocycles. The Kier molecular flexibility index (Phi) is 6.24. The molecule has 7 heteroatoms. The highest BCUT2D eigenvalue weighted by atomic mass is 16.5. The van der Waals surface area contributed by atoms with Crippen LogP contribution < -0.4 is 10.1 Å². The van der Waals surface area contributed by atoms with Crippen LogP contribution in [0.1, 0.15) is 60.2 Å². The van der Waals surface area contributed by atoms with Crippen molar-refractivity contribution in [2.24, 2.45) is 5.92 Å². The number of hydrogen-bond donors (Lipinski definition) is 1. The van der Waals surface area contributed by atoms with Gasteiger partial charge < -0.3 is 10.1 Å². The van der Waals surface area contributed by atoms with Crippen LogP contribution in [0.4, 0.5) is 0 Å². The maximum Gasteiger partial charge on any atom is 0.266 e. The summed E-state index contributed by atoms with van der Waals surface area (Å²) in [7, 11) is 0. The lowest BCUT2D eigenvalue weighted by Gasteiger charge is -2.27. The van der Waals surface area contributed by atoms with Gasteiger partial charge in [-0.2, -0.15) is 0 Å². The van der Waals surface area contributed by atoms with E-state index in [0.29, 0.717) is 24.7 Å². The average molecular weight is 386 g/mol. The second kappa shape index (κ2) is 8.65. The van der Waals surface area contributed by atoms with Crippen molar-refractivity contribution in [2.75, 3.05) is 19.7 Å². The number of carbonyl (C=O) groups is 4. The molecule has 0 saturated carbocycles. The number of amides is 2. The molecule has 2 aliphatic rings. The van der Waals surface area contributed by atoms with E-state index in [-0.39, 0.29) is 35.5 Å². The van der Waals surface area contributed by atoms with Crippen LogP contribution in [0.5, 0.6) is 5.75 Å². The van der Waals surface area contributed by atoms with Crippen molar-refractivity contribution in [3.8, 4) is 5.75 Å². The molecule has 1 unspecified atom stereocenters. The second-order valence-electron chi connectivity index (χ2n) is 7.45. The van der Waals surface area contributed by atoms with Crippen LogP contribution in [0.2, 0.25) is 0 Å². The topological polar surface area (TPSA) is 92.8 Å². The summed E-state index contributed by atoms with van der Waals surface area (Å²) in [6.45, 7) is 5.45. The monoisotopic (exact) mass is 386 g/mol. The van der Waals surface area contributed by atoms with Crippen LogP contribution >= 0.6 is 0 Å². The minimum Gasteiger partial charge on any atom is -0.492 e. The van der Waals surface area contributed by atoms with Gasteiger partial charge in [-0.1, -0.05) is 13.0 Å². The lowest BCUT2D eigenvalue weighted by atomic mass is 10.0. The highest BCUT2D eigenvalue weighted by Crippen LogP contribution is 2.33. The van der Waals surface area contributed by atoms with Gasteiger partial charge in [0.2, 0.25) is 0 Å². The molecule has 0 aromatic heterocycles. The molecular weight excluding hydrogens is 360 g/mol. The molecule has 2 amide bonds. The number of carbonyl (C=O) groups excluding carboxylic acids is 4. The van der Waals surface area contributed by atoms with Crippen LogP contribution in [-0.2, 0) is 9.59 Å². The van der Waals surface area contributed by atoms with Crippen LogP contribution in [-0.4, -0.2) is 54.0 Å². The van der Waals surface area contributed by atoms with Gasteiger partial charge in [0.15, 0.2) is 5.78 Å². The van der Waals surface area contributed by atoms with Gasteiger partial charge in [-0.25, -0.2) is 0 Å². The number of nitrogens with one attached hydrogen (secondary N) is 1. The molecule has 0 aliphatic carbocycles. The van der Waals surface area contributed by atoms with Gasteiger partial charge in [0.25, 0.3) is 11.8 Å². The van der Waals surface area contributed by atoms with E-state index in [1.54, 1.807) is 18.2 Å². The van der Waals surface area contributed by atoms with Gasteiger partial charge in [-0.3, -0.25) is 24.1 Å². The summed E-state index contributed by atoms with van der Waals surface area (Å²) >= 11 is 0. The van der Waals surface area contributed by atoms with Crippen molar-refractivity contribution in [1.82, 2.24) is 10.2 Å². The Balaban J connectivity index is 1.79. The normalized spacial score (nSPS) is 17.3. The molecule has 1 atom stereocenters. The quantitative estimate of drug-likeness (QED) is 0.618. The average Bonchev–Trinajstić information content (AvgIpc) is 2.86. The minimum atomic E-state index is -0.933. The Labute approximate surface area is 164 Å². The predicted molar refractivity (Wildman–Crippen MR) is 102 cm³/mol. The summed E-state index contributed by atoms with van der Waals surface area (Å²) in [4.78, 5) is 51.0. The molecule has 1 N–H and O–H groups in total. The Hall–Kier alpha value is -2.54. The van der Waals surface area contributed by atoms with E-state index in [4.69, 9.17) is 4.74 Å². The largest absolute Gasteiger partial charge is 0.492 e. The first-order valence-corrected chi connectivity index (χ1v) is 9.80. The highest BCUT2D eigenvalue weighted by Gasteiger charge is 2.43. The van der Waals surface area contributed by atoms with Crippen molar-refractivity contribution < 1.29 is 23.9 Å². The number of benzene rings is 1. The third-order valence-electron chi connectivity index (χ3n) is 5.26. The zero-order valence-electron chi connectivity index (χ0n) is 16.3. The maximum absolute atomic E-state index is 13.0. The molecule has 7 nitrogen and oxygen atoms in total. The van der Waals surface area contributed by atoms with E-state index in [2.05, 4.69) is 5.32 Å². The van der Waals surface area contributed by atoms with E-state index < -0.39 is 17.9 Å². The van der Waals surface area contributed by atoms with Crippen molar-refractivity contribution in [3.05, 3.63) is 29.3 Å². The number of rotatable bonds is 10. The molecule has 1 aromatic rings. The lowest BCUT2D eigenvalue weighted by Crippen LogP contribution is -2.45. The number of hydrogen-bond acceptors (Lipinski definition) is 6. The van der Waals surface area contributed by atoms with Crippen LogP contribution in [0.15, 0.2) is 18.2 Å². The first-order valence-electron chi connectivity index (χ1n) is 9.80. The Morgan fingerprint density at radius 2 is 1.96 bits per heavy atom. The van der Waals surface area contributed by atoms with Crippen molar-refractivity contribution in [3.63, 3.8) is 0 Å². The first kappa shape index (κ1) is 20.2. The molecule has 0 bridgehead atoms. The molecule has 1 saturated heterocycles. The zero-order valence-corrected chi connectivity index (χ0v) is 16.3. The van der Waals surface area contributed by atoms with Crippen LogP contribution in [0.25, 0.3) is 0 Å². The molecule has 1 aromatic carbocycles. The predicted octanol–water partition coefficient (Wildman–Crippen LogP) is 1.99. The smallest absolute Gasteiger partial charge is 0.266 e. The van der Waals surface area contributed by atoms with Gasteiger partial charge in [0.05, 0.1) is 23.8 Å². The molecule has 150 valence electrons. The number of ketones is 2. The molecule has 0 spiro atoms. The summed E-state index contributed by atoms with van der Waals surface area (Å²) in [5.74, 6) is -0.544. The molecule has 2 heterocycles. The third kappa shape index (κ3) is 3.99.